The molecular formula is C23H21NOS. The van der Waals surface area contributed by atoms with Crippen molar-refractivity contribution in [1.82, 2.24) is 5.32 Å². The maximum atomic E-state index is 12.5. The standard InChI is InChI=1S/C23H21NOS/c25-23(24-21-14-15-26-22-9-5-4-8-20(21)22)16-17-10-12-19(13-11-17)18-6-2-1-3-7-18/h1-13,21H,14-16H2,(H,24,25). The number of fused-ring (bicyclic) bond motifs is 1. The topological polar surface area (TPSA) is 29.1 Å². The number of hydrogen-bond acceptors (Lipinski definition) is 2. The zero-order valence-electron chi connectivity index (χ0n) is 14.5. The van der Waals surface area contributed by atoms with Crippen LogP contribution in [0.2, 0.25) is 0 Å². The number of carbonyl (C=O) groups excluding carboxylic acids is 1. The van der Waals surface area contributed by atoms with Gasteiger partial charge in [0.1, 0.15) is 0 Å². The van der Waals surface area contributed by atoms with Crippen molar-refractivity contribution >= 4 is 17.7 Å². The lowest BCUT2D eigenvalue weighted by molar-refractivity contribution is -0.121. The Morgan fingerprint density at radius 2 is 1.58 bits per heavy atom. The molecule has 3 aromatic rings. The molecule has 1 atom stereocenters. The Hall–Kier alpha value is -2.52. The average Bonchev–Trinajstić information content (AvgIpc) is 2.69. The summed E-state index contributed by atoms with van der Waals surface area (Å²) < 4.78 is 0. The van der Waals surface area contributed by atoms with E-state index in [2.05, 4.69) is 47.8 Å². The molecule has 2 nitrogen and oxygen atoms in total. The molecule has 1 heterocycles. The molecule has 1 aliphatic heterocycles. The molecule has 0 aromatic heterocycles. The van der Waals surface area contributed by atoms with E-state index in [1.165, 1.54) is 21.6 Å². The van der Waals surface area contributed by atoms with E-state index in [0.717, 1.165) is 17.7 Å². The van der Waals surface area contributed by atoms with Crippen LogP contribution in [0.4, 0.5) is 0 Å². The van der Waals surface area contributed by atoms with E-state index in [0.29, 0.717) is 6.42 Å². The number of carbonyl (C=O) groups is 1. The minimum Gasteiger partial charge on any atom is -0.349 e. The molecule has 0 spiro atoms. The van der Waals surface area contributed by atoms with Crippen LogP contribution in [-0.4, -0.2) is 11.7 Å². The number of rotatable bonds is 4. The highest BCUT2D eigenvalue weighted by molar-refractivity contribution is 7.99. The number of nitrogens with one attached hydrogen (secondary N) is 1. The van der Waals surface area contributed by atoms with Crippen LogP contribution in [0.5, 0.6) is 0 Å². The second kappa shape index (κ2) is 7.79. The second-order valence-corrected chi connectivity index (χ2v) is 7.67. The maximum Gasteiger partial charge on any atom is 0.224 e. The van der Waals surface area contributed by atoms with Crippen LogP contribution in [0.3, 0.4) is 0 Å². The molecule has 1 unspecified atom stereocenters. The summed E-state index contributed by atoms with van der Waals surface area (Å²) in [5.74, 6) is 1.14. The van der Waals surface area contributed by atoms with Gasteiger partial charge >= 0.3 is 0 Å². The summed E-state index contributed by atoms with van der Waals surface area (Å²) in [5, 5.41) is 3.22. The summed E-state index contributed by atoms with van der Waals surface area (Å²) in [7, 11) is 0. The highest BCUT2D eigenvalue weighted by Gasteiger charge is 2.21. The van der Waals surface area contributed by atoms with Crippen LogP contribution in [0.1, 0.15) is 23.6 Å². The fourth-order valence-corrected chi connectivity index (χ4v) is 4.49. The molecule has 1 aliphatic rings. The molecule has 0 bridgehead atoms. The van der Waals surface area contributed by atoms with Crippen molar-refractivity contribution in [3.8, 4) is 11.1 Å². The van der Waals surface area contributed by atoms with Crippen LogP contribution in [0.25, 0.3) is 11.1 Å². The van der Waals surface area contributed by atoms with Gasteiger partial charge in [-0.15, -0.1) is 11.8 Å². The minimum absolute atomic E-state index is 0.0872. The van der Waals surface area contributed by atoms with Crippen molar-refractivity contribution in [2.75, 3.05) is 5.75 Å². The third-order valence-electron chi connectivity index (χ3n) is 4.72. The Labute approximate surface area is 158 Å². The van der Waals surface area contributed by atoms with Crippen molar-refractivity contribution in [3.05, 3.63) is 90.0 Å². The summed E-state index contributed by atoms with van der Waals surface area (Å²) in [6.07, 6.45) is 1.40. The van der Waals surface area contributed by atoms with Crippen molar-refractivity contribution in [3.63, 3.8) is 0 Å². The van der Waals surface area contributed by atoms with E-state index in [-0.39, 0.29) is 11.9 Å². The van der Waals surface area contributed by atoms with E-state index < -0.39 is 0 Å². The average molecular weight is 359 g/mol. The first-order valence-electron chi connectivity index (χ1n) is 8.95. The molecule has 3 heteroatoms. The van der Waals surface area contributed by atoms with Crippen molar-refractivity contribution < 1.29 is 4.79 Å². The lowest BCUT2D eigenvalue weighted by Gasteiger charge is -2.25. The Morgan fingerprint density at radius 1 is 0.885 bits per heavy atom. The summed E-state index contributed by atoms with van der Waals surface area (Å²) in [6.45, 7) is 0. The molecule has 0 saturated heterocycles. The predicted molar refractivity (Wildman–Crippen MR) is 108 cm³/mol. The van der Waals surface area contributed by atoms with E-state index in [4.69, 9.17) is 0 Å². The molecule has 4 rings (SSSR count). The lowest BCUT2D eigenvalue weighted by atomic mass is 10.0. The Kier molecular flexibility index (Phi) is 5.07. The molecule has 130 valence electrons. The molecule has 1 N–H and O–H groups in total. The van der Waals surface area contributed by atoms with Gasteiger partial charge in [0.25, 0.3) is 0 Å². The smallest absolute Gasteiger partial charge is 0.224 e. The number of benzene rings is 3. The second-order valence-electron chi connectivity index (χ2n) is 6.53. The van der Waals surface area contributed by atoms with E-state index in [1.54, 1.807) is 0 Å². The third-order valence-corrected chi connectivity index (χ3v) is 5.84. The van der Waals surface area contributed by atoms with Gasteiger partial charge in [-0.3, -0.25) is 4.79 Å². The summed E-state index contributed by atoms with van der Waals surface area (Å²) >= 11 is 1.87. The van der Waals surface area contributed by atoms with E-state index in [9.17, 15) is 4.79 Å². The van der Waals surface area contributed by atoms with E-state index in [1.807, 2.05) is 48.2 Å². The predicted octanol–water partition coefficient (Wildman–Crippen LogP) is 5.25. The lowest BCUT2D eigenvalue weighted by Crippen LogP contribution is -2.31. The highest BCUT2D eigenvalue weighted by Crippen LogP contribution is 2.35. The largest absolute Gasteiger partial charge is 0.349 e. The fourth-order valence-electron chi connectivity index (χ4n) is 3.37. The molecule has 0 fully saturated rings. The molecular weight excluding hydrogens is 338 g/mol. The Morgan fingerprint density at radius 3 is 2.38 bits per heavy atom. The number of thioether (sulfide) groups is 1. The molecule has 1 amide bonds. The van der Waals surface area contributed by atoms with Gasteiger partial charge in [-0.25, -0.2) is 0 Å². The third kappa shape index (κ3) is 3.83. The van der Waals surface area contributed by atoms with Crippen LogP contribution in [0, 0.1) is 0 Å². The van der Waals surface area contributed by atoms with Gasteiger partial charge < -0.3 is 5.32 Å². The minimum atomic E-state index is 0.0872. The van der Waals surface area contributed by atoms with Crippen molar-refractivity contribution in [2.45, 2.75) is 23.8 Å². The van der Waals surface area contributed by atoms with Gasteiger partial charge in [0.2, 0.25) is 5.91 Å². The van der Waals surface area contributed by atoms with Gasteiger partial charge in [-0.2, -0.15) is 0 Å². The van der Waals surface area contributed by atoms with Gasteiger partial charge in [-0.1, -0.05) is 72.8 Å². The van der Waals surface area contributed by atoms with Gasteiger partial charge in [0.15, 0.2) is 0 Å². The van der Waals surface area contributed by atoms with Crippen LogP contribution in [-0.2, 0) is 11.2 Å². The van der Waals surface area contributed by atoms with Gasteiger partial charge in [-0.05, 0) is 34.7 Å². The van der Waals surface area contributed by atoms with Crippen molar-refractivity contribution in [1.29, 1.82) is 0 Å². The highest BCUT2D eigenvalue weighted by atomic mass is 32.2. The van der Waals surface area contributed by atoms with Crippen LogP contribution in [0.15, 0.2) is 83.8 Å². The first kappa shape index (κ1) is 16.9. The number of amides is 1. The molecule has 0 radical (unpaired) electrons. The van der Waals surface area contributed by atoms with Gasteiger partial charge in [0, 0.05) is 10.6 Å². The summed E-state index contributed by atoms with van der Waals surface area (Å²) in [5.41, 5.74) is 4.66. The quantitative estimate of drug-likeness (QED) is 0.689. The fraction of sp³-hybridized carbons (Fsp3) is 0.174. The maximum absolute atomic E-state index is 12.5. The SMILES string of the molecule is O=C(Cc1ccc(-c2ccccc2)cc1)NC1CCSc2ccccc21. The van der Waals surface area contributed by atoms with Crippen LogP contribution >= 0.6 is 11.8 Å². The summed E-state index contributed by atoms with van der Waals surface area (Å²) in [6, 6.07) is 27.1. The monoisotopic (exact) mass is 359 g/mol. The Bertz CT molecular complexity index is 890. The van der Waals surface area contributed by atoms with Gasteiger partial charge in [0.05, 0.1) is 12.5 Å². The molecule has 0 aliphatic carbocycles. The van der Waals surface area contributed by atoms with Crippen LogP contribution < -0.4 is 5.32 Å². The first-order chi connectivity index (χ1) is 12.8. The molecule has 26 heavy (non-hydrogen) atoms. The number of hydrogen-bond donors (Lipinski definition) is 1. The first-order valence-corrected chi connectivity index (χ1v) is 9.93. The zero-order valence-corrected chi connectivity index (χ0v) is 15.3. The zero-order chi connectivity index (χ0) is 17.8. The normalized spacial score (nSPS) is 15.9. The summed E-state index contributed by atoms with van der Waals surface area (Å²) in [4.78, 5) is 13.8. The molecule has 0 saturated carbocycles. The molecule has 3 aromatic carbocycles. The Balaban J connectivity index is 1.41. The van der Waals surface area contributed by atoms with E-state index >= 15 is 0 Å². The van der Waals surface area contributed by atoms with Crippen molar-refractivity contribution in [2.24, 2.45) is 0 Å².